The Balaban J connectivity index is 1.84. The highest BCUT2D eigenvalue weighted by Crippen LogP contribution is 2.52. The summed E-state index contributed by atoms with van der Waals surface area (Å²) in [4.78, 5) is 8.93. The lowest BCUT2D eigenvalue weighted by Gasteiger charge is -2.44. The predicted molar refractivity (Wildman–Crippen MR) is 66.5 cm³/mol. The van der Waals surface area contributed by atoms with Gasteiger partial charge >= 0.3 is 0 Å². The number of aromatic nitrogens is 2. The lowest BCUT2D eigenvalue weighted by molar-refractivity contribution is 0.151. The van der Waals surface area contributed by atoms with Gasteiger partial charge in [0.1, 0.15) is 11.7 Å². The highest BCUT2D eigenvalue weighted by Gasteiger charge is 2.64. The minimum absolute atomic E-state index is 0.430. The maximum Gasteiger partial charge on any atom is 0.246 e. The molecule has 0 aromatic carbocycles. The molecule has 1 spiro atoms. The van der Waals surface area contributed by atoms with E-state index in [0.29, 0.717) is 5.54 Å². The number of piperidine rings is 1. The van der Waals surface area contributed by atoms with Crippen molar-refractivity contribution in [3.05, 3.63) is 18.6 Å². The van der Waals surface area contributed by atoms with E-state index < -0.39 is 0 Å². The van der Waals surface area contributed by atoms with Crippen LogP contribution in [-0.2, 0) is 0 Å². The van der Waals surface area contributed by atoms with E-state index in [1.165, 1.54) is 51.3 Å². The summed E-state index contributed by atoms with van der Waals surface area (Å²) in [6.45, 7) is 4.90. The molecule has 3 fully saturated rings. The Morgan fingerprint density at radius 2 is 2.41 bits per heavy atom. The van der Waals surface area contributed by atoms with Crippen LogP contribution in [0.4, 0.5) is 5.82 Å². The minimum atomic E-state index is 0.430. The van der Waals surface area contributed by atoms with E-state index in [1.54, 1.807) is 6.20 Å². The van der Waals surface area contributed by atoms with Gasteiger partial charge in [0, 0.05) is 37.9 Å². The zero-order valence-electron chi connectivity index (χ0n) is 10.1. The molecule has 1 aromatic heterocycles. The van der Waals surface area contributed by atoms with Crippen molar-refractivity contribution >= 4 is 5.82 Å². The first-order chi connectivity index (χ1) is 8.35. The molecule has 3 unspecified atom stereocenters. The molecule has 4 rings (SSSR count). The Hall–Kier alpha value is -1.00. The van der Waals surface area contributed by atoms with Crippen LogP contribution in [-0.4, -0.2) is 41.7 Å². The molecular weight excluding hydrogens is 212 g/mol. The largest absolute Gasteiger partial charge is 0.311 e. The lowest BCUT2D eigenvalue weighted by Crippen LogP contribution is -2.63. The van der Waals surface area contributed by atoms with E-state index in [1.807, 2.05) is 12.4 Å². The number of quaternary nitrogens is 1. The molecule has 1 N–H and O–H groups in total. The Kier molecular flexibility index (Phi) is 1.92. The summed E-state index contributed by atoms with van der Waals surface area (Å²) in [6.07, 6.45) is 9.69. The zero-order chi connectivity index (χ0) is 11.3. The number of nitrogens with zero attached hydrogens (tertiary/aromatic N) is 3. The van der Waals surface area contributed by atoms with Crippen LogP contribution in [0.25, 0.3) is 0 Å². The van der Waals surface area contributed by atoms with E-state index >= 15 is 0 Å². The lowest BCUT2D eigenvalue weighted by atomic mass is 9.85. The number of rotatable bonds is 1. The summed E-state index contributed by atoms with van der Waals surface area (Å²) in [5.74, 6) is 2.12. The van der Waals surface area contributed by atoms with Crippen molar-refractivity contribution in [2.75, 3.05) is 26.2 Å². The first-order valence-electron chi connectivity index (χ1n) is 6.69. The van der Waals surface area contributed by atoms with Gasteiger partial charge < -0.3 is 5.32 Å². The first kappa shape index (κ1) is 9.97. The minimum Gasteiger partial charge on any atom is -0.311 e. The van der Waals surface area contributed by atoms with Crippen molar-refractivity contribution in [2.24, 2.45) is 5.92 Å². The summed E-state index contributed by atoms with van der Waals surface area (Å²) in [7, 11) is 0. The fraction of sp³-hybridized carbons (Fsp3) is 0.692. The van der Waals surface area contributed by atoms with Gasteiger partial charge in [-0.05, 0) is 0 Å². The van der Waals surface area contributed by atoms with Crippen LogP contribution < -0.4 is 9.80 Å². The van der Waals surface area contributed by atoms with Gasteiger partial charge in [0.25, 0.3) is 0 Å². The molecule has 4 heterocycles. The molecule has 0 radical (unpaired) electrons. The van der Waals surface area contributed by atoms with Crippen molar-refractivity contribution in [2.45, 2.75) is 24.8 Å². The molecule has 2 bridgehead atoms. The third-order valence-corrected chi connectivity index (χ3v) is 5.27. The van der Waals surface area contributed by atoms with Gasteiger partial charge in [-0.2, -0.15) is 0 Å². The first-order valence-corrected chi connectivity index (χ1v) is 6.69. The Morgan fingerprint density at radius 1 is 1.41 bits per heavy atom. The standard InChI is InChI=1S/C13H19N4/c1-6-17(12-8-14-4-5-16-12)9-11(1)7-13(17)2-3-15-10-13/h4-5,8,11,15H,1-3,6-7,9-10H2/q+1. The molecular formula is C13H19N4+. The maximum absolute atomic E-state index is 4.63. The maximum atomic E-state index is 4.63. The van der Waals surface area contributed by atoms with Gasteiger partial charge in [-0.3, -0.25) is 9.47 Å². The summed E-state index contributed by atoms with van der Waals surface area (Å²) in [5, 5.41) is 3.57. The SMILES string of the molecule is c1cnc([N+]23CCC(CC24CCNC4)C3)cn1. The van der Waals surface area contributed by atoms with Crippen molar-refractivity contribution < 1.29 is 0 Å². The van der Waals surface area contributed by atoms with Crippen LogP contribution in [0.15, 0.2) is 18.6 Å². The van der Waals surface area contributed by atoms with E-state index in [-0.39, 0.29) is 0 Å². The summed E-state index contributed by atoms with van der Waals surface area (Å²) >= 11 is 0. The third kappa shape index (κ3) is 1.15. The summed E-state index contributed by atoms with van der Waals surface area (Å²) < 4.78 is 1.11. The van der Waals surface area contributed by atoms with Gasteiger partial charge in [-0.25, -0.2) is 4.98 Å². The molecule has 4 heteroatoms. The molecule has 90 valence electrons. The second kappa shape index (κ2) is 3.27. The molecule has 4 nitrogen and oxygen atoms in total. The van der Waals surface area contributed by atoms with Gasteiger partial charge in [0.15, 0.2) is 0 Å². The van der Waals surface area contributed by atoms with Crippen LogP contribution in [0, 0.1) is 5.92 Å². The molecule has 17 heavy (non-hydrogen) atoms. The van der Waals surface area contributed by atoms with E-state index in [0.717, 1.165) is 10.4 Å². The Morgan fingerprint density at radius 3 is 3.12 bits per heavy atom. The van der Waals surface area contributed by atoms with Crippen molar-refractivity contribution in [1.29, 1.82) is 0 Å². The zero-order valence-corrected chi connectivity index (χ0v) is 10.1. The van der Waals surface area contributed by atoms with Crippen LogP contribution in [0.1, 0.15) is 19.3 Å². The third-order valence-electron chi connectivity index (χ3n) is 5.27. The van der Waals surface area contributed by atoms with Gasteiger partial charge in [0.2, 0.25) is 5.82 Å². The second-order valence-electron chi connectivity index (χ2n) is 5.95. The number of hydrogen-bond acceptors (Lipinski definition) is 3. The summed E-state index contributed by atoms with van der Waals surface area (Å²) in [6, 6.07) is 0. The average molecular weight is 231 g/mol. The topological polar surface area (TPSA) is 37.8 Å². The molecule has 3 aliphatic heterocycles. The van der Waals surface area contributed by atoms with Crippen LogP contribution in [0.3, 0.4) is 0 Å². The van der Waals surface area contributed by atoms with Crippen LogP contribution in [0.2, 0.25) is 0 Å². The molecule has 3 atom stereocenters. The van der Waals surface area contributed by atoms with Crippen molar-refractivity contribution in [1.82, 2.24) is 19.8 Å². The molecule has 0 saturated carbocycles. The van der Waals surface area contributed by atoms with E-state index in [4.69, 9.17) is 0 Å². The highest BCUT2D eigenvalue weighted by molar-refractivity contribution is 5.40. The fourth-order valence-corrected chi connectivity index (χ4v) is 4.57. The quantitative estimate of drug-likeness (QED) is 0.731. The Bertz CT molecular complexity index is 426. The van der Waals surface area contributed by atoms with Crippen LogP contribution in [0.5, 0.6) is 0 Å². The Labute approximate surface area is 102 Å². The van der Waals surface area contributed by atoms with E-state index in [2.05, 4.69) is 15.3 Å². The average Bonchev–Trinajstić information content (AvgIpc) is 3.06. The highest BCUT2D eigenvalue weighted by atomic mass is 15.5. The second-order valence-corrected chi connectivity index (χ2v) is 5.95. The molecule has 3 saturated heterocycles. The number of nitrogens with one attached hydrogen (secondary N) is 1. The number of fused-ring (bicyclic) bond motifs is 3. The monoisotopic (exact) mass is 231 g/mol. The molecule has 3 aliphatic rings. The van der Waals surface area contributed by atoms with Gasteiger partial charge in [-0.15, -0.1) is 0 Å². The van der Waals surface area contributed by atoms with Crippen molar-refractivity contribution in [3.63, 3.8) is 0 Å². The molecule has 0 amide bonds. The molecule has 0 aliphatic carbocycles. The van der Waals surface area contributed by atoms with Crippen LogP contribution >= 0.6 is 0 Å². The smallest absolute Gasteiger partial charge is 0.246 e. The fourth-order valence-electron chi connectivity index (χ4n) is 4.57. The summed E-state index contributed by atoms with van der Waals surface area (Å²) in [5.41, 5.74) is 0.430. The molecule has 1 aromatic rings. The van der Waals surface area contributed by atoms with Gasteiger partial charge in [-0.1, -0.05) is 0 Å². The van der Waals surface area contributed by atoms with Crippen molar-refractivity contribution in [3.8, 4) is 0 Å². The normalized spacial score (nSPS) is 43.6. The van der Waals surface area contributed by atoms with Gasteiger partial charge in [0.05, 0.1) is 25.8 Å². The predicted octanol–water partition coefficient (Wildman–Crippen LogP) is 0.940. The van der Waals surface area contributed by atoms with E-state index in [9.17, 15) is 0 Å². The number of hydrogen-bond donors (Lipinski definition) is 1.